The van der Waals surface area contributed by atoms with Crippen LogP contribution >= 0.6 is 11.8 Å². The van der Waals surface area contributed by atoms with Crippen LogP contribution in [-0.2, 0) is 11.2 Å². The minimum Gasteiger partial charge on any atom is -0.493 e. The van der Waals surface area contributed by atoms with Crippen molar-refractivity contribution in [2.45, 2.75) is 62.1 Å². The molecule has 164 valence electrons. The van der Waals surface area contributed by atoms with Gasteiger partial charge < -0.3 is 15.0 Å². The smallest absolute Gasteiger partial charge is 0.257 e. The van der Waals surface area contributed by atoms with Crippen molar-refractivity contribution in [2.24, 2.45) is 0 Å². The van der Waals surface area contributed by atoms with Crippen molar-refractivity contribution in [3.63, 3.8) is 0 Å². The van der Waals surface area contributed by atoms with Gasteiger partial charge in [-0.15, -0.1) is 11.8 Å². The van der Waals surface area contributed by atoms with Crippen molar-refractivity contribution < 1.29 is 14.3 Å². The van der Waals surface area contributed by atoms with Crippen LogP contribution in [0.5, 0.6) is 5.75 Å². The summed E-state index contributed by atoms with van der Waals surface area (Å²) >= 11 is 1.80. The second-order valence-electron chi connectivity index (χ2n) is 8.53. The molecule has 2 aromatic carbocycles. The number of carbonyl (C=O) groups excluding carboxylic acids is 2. The first-order valence-corrected chi connectivity index (χ1v) is 12.0. The molecule has 2 heterocycles. The lowest BCUT2D eigenvalue weighted by atomic mass is 9.97. The zero-order chi connectivity index (χ0) is 21.8. The lowest BCUT2D eigenvalue weighted by Crippen LogP contribution is -2.45. The van der Waals surface area contributed by atoms with Crippen molar-refractivity contribution in [3.8, 4) is 5.75 Å². The topological polar surface area (TPSA) is 58.6 Å². The number of hydrogen-bond acceptors (Lipinski definition) is 4. The fraction of sp³-hybridized carbons (Fsp3) is 0.440. The van der Waals surface area contributed by atoms with E-state index in [9.17, 15) is 9.59 Å². The third-order valence-electron chi connectivity index (χ3n) is 5.75. The van der Waals surface area contributed by atoms with Crippen molar-refractivity contribution in [1.82, 2.24) is 4.90 Å². The van der Waals surface area contributed by atoms with Gasteiger partial charge in [0.2, 0.25) is 5.91 Å². The molecule has 2 aromatic rings. The number of benzene rings is 2. The van der Waals surface area contributed by atoms with Gasteiger partial charge in [-0.2, -0.15) is 0 Å². The molecule has 0 aliphatic carbocycles. The van der Waals surface area contributed by atoms with Crippen LogP contribution in [0.1, 0.15) is 55.5 Å². The van der Waals surface area contributed by atoms with E-state index in [2.05, 4.69) is 31.3 Å². The summed E-state index contributed by atoms with van der Waals surface area (Å²) in [6, 6.07) is 13.7. The predicted octanol–water partition coefficient (Wildman–Crippen LogP) is 5.15. The molecule has 1 unspecified atom stereocenters. The number of amides is 2. The average Bonchev–Trinajstić information content (AvgIpc) is 2.74. The van der Waals surface area contributed by atoms with Crippen molar-refractivity contribution in [2.75, 3.05) is 18.5 Å². The van der Waals surface area contributed by atoms with E-state index in [1.165, 1.54) is 4.90 Å². The lowest BCUT2D eigenvalue weighted by Gasteiger charge is -2.37. The monoisotopic (exact) mass is 438 g/mol. The Morgan fingerprint density at radius 2 is 1.97 bits per heavy atom. The molecule has 0 radical (unpaired) electrons. The van der Waals surface area contributed by atoms with Gasteiger partial charge in [0.15, 0.2) is 0 Å². The molecule has 31 heavy (non-hydrogen) atoms. The molecular weight excluding hydrogens is 408 g/mol. The first-order valence-electron chi connectivity index (χ1n) is 11.1. The molecule has 5 nitrogen and oxygen atoms in total. The minimum atomic E-state index is -0.0979. The summed E-state index contributed by atoms with van der Waals surface area (Å²) in [5.41, 5.74) is 2.13. The molecule has 0 saturated carbocycles. The summed E-state index contributed by atoms with van der Waals surface area (Å²) in [5.74, 6) is 0.512. The second-order valence-corrected chi connectivity index (χ2v) is 10.2. The summed E-state index contributed by atoms with van der Waals surface area (Å²) in [6.07, 6.45) is 4.41. The molecular formula is C25H30N2O3S. The third kappa shape index (κ3) is 5.42. The summed E-state index contributed by atoms with van der Waals surface area (Å²) in [4.78, 5) is 29.0. The van der Waals surface area contributed by atoms with E-state index in [0.29, 0.717) is 35.3 Å². The zero-order valence-electron chi connectivity index (χ0n) is 18.2. The Morgan fingerprint density at radius 3 is 2.74 bits per heavy atom. The molecule has 0 spiro atoms. The number of nitrogens with zero attached hydrogens (tertiary/aromatic N) is 1. The number of carbonyl (C=O) groups is 2. The Labute approximate surface area is 188 Å². The van der Waals surface area contributed by atoms with Gasteiger partial charge in [-0.25, -0.2) is 0 Å². The summed E-state index contributed by atoms with van der Waals surface area (Å²) < 4.78 is 5.88. The maximum Gasteiger partial charge on any atom is 0.257 e. The number of anilines is 1. The maximum absolute atomic E-state index is 13.2. The van der Waals surface area contributed by atoms with Gasteiger partial charge in [0, 0.05) is 34.8 Å². The Balaban J connectivity index is 1.44. The average molecular weight is 439 g/mol. The van der Waals surface area contributed by atoms with E-state index in [4.69, 9.17) is 4.74 Å². The molecule has 2 aliphatic heterocycles. The number of hydrogen-bond donors (Lipinski definition) is 1. The van der Waals surface area contributed by atoms with E-state index in [1.54, 1.807) is 23.9 Å². The van der Waals surface area contributed by atoms with Gasteiger partial charge in [0.1, 0.15) is 5.75 Å². The van der Waals surface area contributed by atoms with E-state index >= 15 is 0 Å². The Kier molecular flexibility index (Phi) is 6.86. The summed E-state index contributed by atoms with van der Waals surface area (Å²) in [7, 11) is 0. The molecule has 4 rings (SSSR count). The van der Waals surface area contributed by atoms with Gasteiger partial charge in [-0.05, 0) is 55.2 Å². The molecule has 1 fully saturated rings. The number of rotatable bonds is 5. The molecule has 0 bridgehead atoms. The van der Waals surface area contributed by atoms with Crippen molar-refractivity contribution in [3.05, 3.63) is 53.6 Å². The van der Waals surface area contributed by atoms with Gasteiger partial charge in [-0.1, -0.05) is 26.0 Å². The van der Waals surface area contributed by atoms with Crippen LogP contribution in [0.2, 0.25) is 0 Å². The fourth-order valence-corrected chi connectivity index (χ4v) is 5.11. The van der Waals surface area contributed by atoms with Crippen molar-refractivity contribution >= 4 is 29.3 Å². The molecule has 1 saturated heterocycles. The minimum absolute atomic E-state index is 0.00809. The molecule has 1 N–H and O–H groups in total. The van der Waals surface area contributed by atoms with E-state index < -0.39 is 0 Å². The quantitative estimate of drug-likeness (QED) is 0.656. The molecule has 1 atom stereocenters. The summed E-state index contributed by atoms with van der Waals surface area (Å²) in [6.45, 7) is 5.73. The zero-order valence-corrected chi connectivity index (χ0v) is 19.0. The highest BCUT2D eigenvalue weighted by atomic mass is 32.2. The van der Waals surface area contributed by atoms with Gasteiger partial charge in [-0.3, -0.25) is 9.59 Å². The summed E-state index contributed by atoms with van der Waals surface area (Å²) in [5, 5.41) is 3.47. The third-order valence-corrected chi connectivity index (χ3v) is 6.77. The Hall–Kier alpha value is -2.47. The first-order chi connectivity index (χ1) is 15.0. The van der Waals surface area contributed by atoms with Gasteiger partial charge in [0.25, 0.3) is 5.91 Å². The predicted molar refractivity (Wildman–Crippen MR) is 125 cm³/mol. The van der Waals surface area contributed by atoms with Crippen LogP contribution in [-0.4, -0.2) is 41.2 Å². The Morgan fingerprint density at radius 1 is 1.16 bits per heavy atom. The second kappa shape index (κ2) is 9.77. The highest BCUT2D eigenvalue weighted by molar-refractivity contribution is 7.99. The van der Waals surface area contributed by atoms with Crippen LogP contribution in [0.3, 0.4) is 0 Å². The van der Waals surface area contributed by atoms with Crippen LogP contribution in [0, 0.1) is 0 Å². The molecule has 6 heteroatoms. The highest BCUT2D eigenvalue weighted by Crippen LogP contribution is 2.31. The van der Waals surface area contributed by atoms with Crippen LogP contribution in [0.4, 0.5) is 5.69 Å². The SMILES string of the molecule is CC(C)Sc1ccc(CC(=O)Nc2ccc3c(c2)C(=O)N2CCCCC2CCO3)cc1. The van der Waals surface area contributed by atoms with Crippen LogP contribution < -0.4 is 10.1 Å². The number of ether oxygens (including phenoxy) is 1. The normalized spacial score (nSPS) is 18.5. The standard InChI is InChI=1S/C25H30N2O3S/c1-17(2)31-21-9-6-18(7-10-21)15-24(28)26-19-8-11-23-22(16-19)25(29)27-13-4-3-5-20(27)12-14-30-23/h6-11,16-17,20H,3-5,12-15H2,1-2H3,(H,26,28). The van der Waals surface area contributed by atoms with E-state index in [-0.39, 0.29) is 17.9 Å². The number of piperidine rings is 1. The van der Waals surface area contributed by atoms with E-state index in [0.717, 1.165) is 37.8 Å². The van der Waals surface area contributed by atoms with Crippen LogP contribution in [0.25, 0.3) is 0 Å². The first kappa shape index (κ1) is 21.8. The van der Waals surface area contributed by atoms with E-state index in [1.807, 2.05) is 23.1 Å². The largest absolute Gasteiger partial charge is 0.493 e. The molecule has 2 amide bonds. The molecule has 2 aliphatic rings. The molecule has 0 aromatic heterocycles. The number of thioether (sulfide) groups is 1. The van der Waals surface area contributed by atoms with Crippen LogP contribution in [0.15, 0.2) is 47.4 Å². The highest BCUT2D eigenvalue weighted by Gasteiger charge is 2.31. The van der Waals surface area contributed by atoms with Crippen molar-refractivity contribution in [1.29, 1.82) is 0 Å². The van der Waals surface area contributed by atoms with Gasteiger partial charge >= 0.3 is 0 Å². The lowest BCUT2D eigenvalue weighted by molar-refractivity contribution is -0.115. The number of fused-ring (bicyclic) bond motifs is 2. The number of nitrogens with one attached hydrogen (secondary N) is 1. The van der Waals surface area contributed by atoms with Gasteiger partial charge in [0.05, 0.1) is 18.6 Å². The maximum atomic E-state index is 13.2. The fourth-order valence-electron chi connectivity index (χ4n) is 4.28. The Bertz CT molecular complexity index is 942.